The lowest BCUT2D eigenvalue weighted by molar-refractivity contribution is 0.507. The summed E-state index contributed by atoms with van der Waals surface area (Å²) in [4.78, 5) is 16.9. The molecule has 3 heterocycles. The van der Waals surface area contributed by atoms with Crippen molar-refractivity contribution in [1.82, 2.24) is 14.1 Å². The van der Waals surface area contributed by atoms with Gasteiger partial charge in [0.2, 0.25) is 0 Å². The number of aromatic nitrogens is 3. The van der Waals surface area contributed by atoms with Gasteiger partial charge in [-0.2, -0.15) is 5.26 Å². The highest BCUT2D eigenvalue weighted by Crippen LogP contribution is 2.27. The smallest absolute Gasteiger partial charge is 0.269 e. The van der Waals surface area contributed by atoms with Crippen LogP contribution in [0.25, 0.3) is 22.0 Å². The maximum Gasteiger partial charge on any atom is 0.269 e. The van der Waals surface area contributed by atoms with Crippen molar-refractivity contribution >= 4 is 10.9 Å². The maximum atomic E-state index is 12.8. The number of nitrogens with zero attached hydrogens (tertiary/aromatic N) is 4. The molecule has 0 unspecified atom stereocenters. The van der Waals surface area contributed by atoms with Gasteiger partial charge in [-0.3, -0.25) is 9.78 Å². The van der Waals surface area contributed by atoms with Gasteiger partial charge in [-0.1, -0.05) is 19.9 Å². The van der Waals surface area contributed by atoms with E-state index in [2.05, 4.69) is 47.8 Å². The van der Waals surface area contributed by atoms with Crippen molar-refractivity contribution in [1.29, 1.82) is 5.26 Å². The molecule has 5 nitrogen and oxygen atoms in total. The van der Waals surface area contributed by atoms with Crippen molar-refractivity contribution in [2.75, 3.05) is 0 Å². The lowest BCUT2D eigenvalue weighted by Crippen LogP contribution is -2.23. The molecule has 0 radical (unpaired) electrons. The minimum absolute atomic E-state index is 0.205. The van der Waals surface area contributed by atoms with Crippen molar-refractivity contribution in [2.45, 2.75) is 33.4 Å². The van der Waals surface area contributed by atoms with Crippen LogP contribution in [0.5, 0.6) is 0 Å². The lowest BCUT2D eigenvalue weighted by atomic mass is 10.0. The van der Waals surface area contributed by atoms with Crippen LogP contribution in [0.3, 0.4) is 0 Å². The first-order valence-electron chi connectivity index (χ1n) is 10.2. The number of hydrogen-bond acceptors (Lipinski definition) is 3. The summed E-state index contributed by atoms with van der Waals surface area (Å²) >= 11 is 0. The second-order valence-corrected chi connectivity index (χ2v) is 7.97. The van der Waals surface area contributed by atoms with Gasteiger partial charge < -0.3 is 9.13 Å². The van der Waals surface area contributed by atoms with Crippen LogP contribution in [-0.2, 0) is 13.1 Å². The Labute approximate surface area is 175 Å². The first kappa shape index (κ1) is 19.7. The highest BCUT2D eigenvalue weighted by molar-refractivity contribution is 5.86. The Morgan fingerprint density at radius 3 is 2.53 bits per heavy atom. The summed E-state index contributed by atoms with van der Waals surface area (Å²) in [5, 5.41) is 10.7. The van der Waals surface area contributed by atoms with Crippen molar-refractivity contribution in [3.63, 3.8) is 0 Å². The maximum absolute atomic E-state index is 12.8. The topological polar surface area (TPSA) is 63.6 Å². The van der Waals surface area contributed by atoms with Crippen LogP contribution in [-0.4, -0.2) is 14.1 Å². The molecule has 0 fully saturated rings. The SMILES string of the molecule is CC(C)CCn1ccc(-c2ccc3c(ccn3Cc3ccncc3)c2)c(C#N)c1=O. The Morgan fingerprint density at radius 2 is 1.80 bits per heavy atom. The number of hydrogen-bond donors (Lipinski definition) is 0. The molecule has 4 aromatic rings. The van der Waals surface area contributed by atoms with Gasteiger partial charge in [-0.15, -0.1) is 0 Å². The van der Waals surface area contributed by atoms with E-state index in [-0.39, 0.29) is 11.1 Å². The van der Waals surface area contributed by atoms with E-state index in [1.807, 2.05) is 30.3 Å². The third-order valence-corrected chi connectivity index (χ3v) is 5.41. The van der Waals surface area contributed by atoms with Crippen LogP contribution in [0, 0.1) is 17.2 Å². The third-order valence-electron chi connectivity index (χ3n) is 5.41. The molecule has 4 rings (SSSR count). The van der Waals surface area contributed by atoms with Gasteiger partial charge in [0.05, 0.1) is 0 Å². The van der Waals surface area contributed by atoms with Gasteiger partial charge in [0.25, 0.3) is 5.56 Å². The average molecular weight is 396 g/mol. The summed E-state index contributed by atoms with van der Waals surface area (Å²) in [6, 6.07) is 16.2. The molecule has 30 heavy (non-hydrogen) atoms. The zero-order chi connectivity index (χ0) is 21.1. The second-order valence-electron chi connectivity index (χ2n) is 7.97. The molecule has 0 atom stereocenters. The molecule has 150 valence electrons. The number of pyridine rings is 2. The molecule has 0 saturated carbocycles. The van der Waals surface area contributed by atoms with E-state index in [0.29, 0.717) is 18.0 Å². The molecule has 0 amide bonds. The standard InChI is InChI=1S/C25H24N4O/c1-18(2)7-12-28-14-9-22(23(16-26)25(28)30)20-3-4-24-21(15-20)8-13-29(24)17-19-5-10-27-11-6-19/h3-6,8-11,13-15,18H,7,12,17H2,1-2H3. The summed E-state index contributed by atoms with van der Waals surface area (Å²) in [7, 11) is 0. The number of fused-ring (bicyclic) bond motifs is 1. The number of benzene rings is 1. The average Bonchev–Trinajstić information content (AvgIpc) is 3.15. The first-order chi connectivity index (χ1) is 14.6. The van der Waals surface area contributed by atoms with E-state index in [1.54, 1.807) is 23.2 Å². The molecule has 0 bridgehead atoms. The van der Waals surface area contributed by atoms with E-state index >= 15 is 0 Å². The quantitative estimate of drug-likeness (QED) is 0.469. The minimum Gasteiger partial charge on any atom is -0.343 e. The van der Waals surface area contributed by atoms with E-state index in [9.17, 15) is 10.1 Å². The Morgan fingerprint density at radius 1 is 1.03 bits per heavy atom. The highest BCUT2D eigenvalue weighted by atomic mass is 16.1. The van der Waals surface area contributed by atoms with Crippen LogP contribution in [0.2, 0.25) is 0 Å². The van der Waals surface area contributed by atoms with Gasteiger partial charge in [0, 0.05) is 54.3 Å². The molecule has 0 aliphatic carbocycles. The summed E-state index contributed by atoms with van der Waals surface area (Å²) in [6.45, 7) is 5.64. The van der Waals surface area contributed by atoms with Crippen molar-refractivity contribution in [3.8, 4) is 17.2 Å². The summed E-state index contributed by atoms with van der Waals surface area (Å²) in [5.41, 5.74) is 3.85. The fraction of sp³-hybridized carbons (Fsp3) is 0.240. The molecule has 0 aliphatic heterocycles. The first-order valence-corrected chi connectivity index (χ1v) is 10.2. The summed E-state index contributed by atoms with van der Waals surface area (Å²) in [6.07, 6.45) is 8.36. The Kier molecular flexibility index (Phi) is 5.49. The third kappa shape index (κ3) is 3.90. The van der Waals surface area contributed by atoms with Crippen LogP contribution < -0.4 is 5.56 Å². The zero-order valence-electron chi connectivity index (χ0n) is 17.2. The second kappa shape index (κ2) is 8.38. The minimum atomic E-state index is -0.217. The van der Waals surface area contributed by atoms with Crippen LogP contribution in [0.15, 0.2) is 72.0 Å². The van der Waals surface area contributed by atoms with Crippen molar-refractivity contribution < 1.29 is 0 Å². The van der Waals surface area contributed by atoms with Gasteiger partial charge in [-0.25, -0.2) is 0 Å². The fourth-order valence-corrected chi connectivity index (χ4v) is 3.69. The van der Waals surface area contributed by atoms with E-state index in [0.717, 1.165) is 29.4 Å². The molecular weight excluding hydrogens is 372 g/mol. The van der Waals surface area contributed by atoms with Crippen LogP contribution >= 0.6 is 0 Å². The van der Waals surface area contributed by atoms with Crippen molar-refractivity contribution in [3.05, 3.63) is 88.7 Å². The largest absolute Gasteiger partial charge is 0.343 e. The van der Waals surface area contributed by atoms with Gasteiger partial charge in [0.15, 0.2) is 0 Å². The number of rotatable bonds is 6. The van der Waals surface area contributed by atoms with E-state index in [1.165, 1.54) is 5.56 Å². The highest BCUT2D eigenvalue weighted by Gasteiger charge is 2.13. The van der Waals surface area contributed by atoms with Crippen LogP contribution in [0.1, 0.15) is 31.4 Å². The zero-order valence-corrected chi connectivity index (χ0v) is 17.2. The molecule has 3 aromatic heterocycles. The summed E-state index contributed by atoms with van der Waals surface area (Å²) in [5.74, 6) is 0.501. The Balaban J connectivity index is 1.69. The van der Waals surface area contributed by atoms with E-state index < -0.39 is 0 Å². The molecule has 5 heteroatoms. The monoisotopic (exact) mass is 396 g/mol. The fourth-order valence-electron chi connectivity index (χ4n) is 3.69. The van der Waals surface area contributed by atoms with Gasteiger partial charge in [-0.05, 0) is 59.9 Å². The normalized spacial score (nSPS) is 11.1. The summed E-state index contributed by atoms with van der Waals surface area (Å²) < 4.78 is 3.83. The Bertz CT molecular complexity index is 1280. The molecule has 1 aromatic carbocycles. The predicted molar refractivity (Wildman–Crippen MR) is 119 cm³/mol. The van der Waals surface area contributed by atoms with Crippen LogP contribution in [0.4, 0.5) is 0 Å². The number of aryl methyl sites for hydroxylation is 1. The predicted octanol–water partition coefficient (Wildman–Crippen LogP) is 4.83. The van der Waals surface area contributed by atoms with Gasteiger partial charge >= 0.3 is 0 Å². The molecule has 0 spiro atoms. The molecule has 0 saturated heterocycles. The number of nitriles is 1. The van der Waals surface area contributed by atoms with Gasteiger partial charge in [0.1, 0.15) is 11.6 Å². The molecule has 0 N–H and O–H groups in total. The lowest BCUT2D eigenvalue weighted by Gasteiger charge is -2.11. The molecular formula is C25H24N4O. The molecule has 0 aliphatic rings. The van der Waals surface area contributed by atoms with Crippen molar-refractivity contribution in [2.24, 2.45) is 5.92 Å². The Hall–Kier alpha value is -3.65. The van der Waals surface area contributed by atoms with E-state index in [4.69, 9.17) is 0 Å².